The first kappa shape index (κ1) is 13.6. The molecule has 0 aromatic rings. The second kappa shape index (κ2) is 5.41. The van der Waals surface area contributed by atoms with Gasteiger partial charge in [0.15, 0.2) is 6.29 Å². The average molecular weight is 254 g/mol. The van der Waals surface area contributed by atoms with Gasteiger partial charge >= 0.3 is 5.97 Å². The Kier molecular flexibility index (Phi) is 4.07. The number of rotatable bonds is 5. The van der Waals surface area contributed by atoms with Crippen molar-refractivity contribution >= 4 is 5.97 Å². The van der Waals surface area contributed by atoms with Gasteiger partial charge < -0.3 is 14.2 Å². The minimum atomic E-state index is -0.357. The van der Waals surface area contributed by atoms with Crippen molar-refractivity contribution in [3.8, 4) is 0 Å². The minimum absolute atomic E-state index is 0.0277. The Morgan fingerprint density at radius 2 is 2.11 bits per heavy atom. The van der Waals surface area contributed by atoms with Crippen LogP contribution in [0.15, 0.2) is 12.7 Å². The lowest BCUT2D eigenvalue weighted by Gasteiger charge is -2.36. The van der Waals surface area contributed by atoms with Crippen LogP contribution in [-0.4, -0.2) is 32.6 Å². The SMILES string of the molecule is C=CCC1(C(=O)OC)CCC(C2OC2OC)CC1. The Morgan fingerprint density at radius 1 is 1.44 bits per heavy atom. The zero-order valence-corrected chi connectivity index (χ0v) is 11.2. The van der Waals surface area contributed by atoms with Gasteiger partial charge in [-0.05, 0) is 38.0 Å². The van der Waals surface area contributed by atoms with Gasteiger partial charge in [-0.25, -0.2) is 0 Å². The molecule has 0 N–H and O–H groups in total. The Bertz CT molecular complexity index is 318. The summed E-state index contributed by atoms with van der Waals surface area (Å²) >= 11 is 0. The molecule has 102 valence electrons. The maximum Gasteiger partial charge on any atom is 0.312 e. The van der Waals surface area contributed by atoms with Gasteiger partial charge in [0, 0.05) is 7.11 Å². The summed E-state index contributed by atoms with van der Waals surface area (Å²) in [5, 5.41) is 0. The predicted octanol–water partition coefficient (Wildman–Crippen LogP) is 2.28. The number of hydrogen-bond donors (Lipinski definition) is 0. The second-order valence-electron chi connectivity index (χ2n) is 5.31. The summed E-state index contributed by atoms with van der Waals surface area (Å²) in [7, 11) is 3.13. The minimum Gasteiger partial charge on any atom is -0.469 e. The third-order valence-corrected chi connectivity index (χ3v) is 4.32. The maximum atomic E-state index is 12.0. The lowest BCUT2D eigenvalue weighted by molar-refractivity contribution is -0.155. The Labute approximate surface area is 108 Å². The highest BCUT2D eigenvalue weighted by molar-refractivity contribution is 5.77. The molecule has 2 fully saturated rings. The van der Waals surface area contributed by atoms with Crippen molar-refractivity contribution in [3.63, 3.8) is 0 Å². The number of epoxide rings is 1. The van der Waals surface area contributed by atoms with Crippen LogP contribution < -0.4 is 0 Å². The van der Waals surface area contributed by atoms with Crippen LogP contribution in [0.1, 0.15) is 32.1 Å². The summed E-state index contributed by atoms with van der Waals surface area (Å²) in [6, 6.07) is 0. The molecule has 1 aliphatic carbocycles. The number of hydrogen-bond acceptors (Lipinski definition) is 4. The van der Waals surface area contributed by atoms with E-state index in [1.807, 2.05) is 6.08 Å². The Morgan fingerprint density at radius 3 is 2.56 bits per heavy atom. The van der Waals surface area contributed by atoms with Crippen molar-refractivity contribution in [2.45, 2.75) is 44.5 Å². The van der Waals surface area contributed by atoms with E-state index in [1.54, 1.807) is 7.11 Å². The van der Waals surface area contributed by atoms with Crippen LogP contribution in [0.4, 0.5) is 0 Å². The van der Waals surface area contributed by atoms with Gasteiger partial charge in [0.1, 0.15) is 6.10 Å². The first-order valence-corrected chi connectivity index (χ1v) is 6.54. The zero-order valence-electron chi connectivity index (χ0n) is 11.2. The molecule has 4 heteroatoms. The van der Waals surface area contributed by atoms with E-state index in [0.717, 1.165) is 25.7 Å². The van der Waals surface area contributed by atoms with Gasteiger partial charge in [0.05, 0.1) is 12.5 Å². The maximum absolute atomic E-state index is 12.0. The number of esters is 1. The van der Waals surface area contributed by atoms with Gasteiger partial charge in [-0.15, -0.1) is 6.58 Å². The first-order chi connectivity index (χ1) is 8.66. The summed E-state index contributed by atoms with van der Waals surface area (Å²) in [5.74, 6) is 0.415. The molecule has 4 nitrogen and oxygen atoms in total. The normalized spacial score (nSPS) is 39.1. The summed E-state index contributed by atoms with van der Waals surface area (Å²) < 4.78 is 15.6. The zero-order chi connectivity index (χ0) is 13.2. The molecule has 2 atom stereocenters. The fourth-order valence-electron chi connectivity index (χ4n) is 3.14. The quantitative estimate of drug-likeness (QED) is 0.429. The van der Waals surface area contributed by atoms with Crippen molar-refractivity contribution in [2.24, 2.45) is 11.3 Å². The van der Waals surface area contributed by atoms with Crippen molar-refractivity contribution in [3.05, 3.63) is 12.7 Å². The largest absolute Gasteiger partial charge is 0.469 e. The summed E-state index contributed by atoms with van der Waals surface area (Å²) in [5.41, 5.74) is -0.357. The number of ether oxygens (including phenoxy) is 3. The molecule has 1 heterocycles. The Balaban J connectivity index is 1.94. The molecule has 1 aliphatic heterocycles. The van der Waals surface area contributed by atoms with Crippen LogP contribution in [0, 0.1) is 11.3 Å². The molecule has 2 unspecified atom stereocenters. The number of carbonyl (C=O) groups is 1. The van der Waals surface area contributed by atoms with E-state index in [0.29, 0.717) is 12.3 Å². The highest BCUT2D eigenvalue weighted by Crippen LogP contribution is 2.47. The Hall–Kier alpha value is -0.870. The molecule has 0 radical (unpaired) electrons. The predicted molar refractivity (Wildman–Crippen MR) is 66.9 cm³/mol. The second-order valence-corrected chi connectivity index (χ2v) is 5.31. The van der Waals surface area contributed by atoms with Gasteiger partial charge in [-0.2, -0.15) is 0 Å². The van der Waals surface area contributed by atoms with Crippen molar-refractivity contribution in [1.82, 2.24) is 0 Å². The van der Waals surface area contributed by atoms with E-state index in [2.05, 4.69) is 6.58 Å². The van der Waals surface area contributed by atoms with Crippen LogP contribution in [-0.2, 0) is 19.0 Å². The van der Waals surface area contributed by atoms with Gasteiger partial charge in [0.2, 0.25) is 0 Å². The molecular formula is C14H22O4. The molecule has 0 aromatic carbocycles. The van der Waals surface area contributed by atoms with E-state index in [-0.39, 0.29) is 23.8 Å². The summed E-state index contributed by atoms with van der Waals surface area (Å²) in [6.45, 7) is 3.76. The van der Waals surface area contributed by atoms with Crippen molar-refractivity contribution in [2.75, 3.05) is 14.2 Å². The fraction of sp³-hybridized carbons (Fsp3) is 0.786. The number of allylic oxidation sites excluding steroid dienone is 1. The van der Waals surface area contributed by atoms with E-state index in [4.69, 9.17) is 14.2 Å². The smallest absolute Gasteiger partial charge is 0.312 e. The number of methoxy groups -OCH3 is 2. The fourth-order valence-corrected chi connectivity index (χ4v) is 3.14. The highest BCUT2D eigenvalue weighted by Gasteiger charge is 2.50. The molecule has 0 spiro atoms. The topological polar surface area (TPSA) is 48.1 Å². The molecule has 1 saturated heterocycles. The third kappa shape index (κ3) is 2.45. The molecule has 2 rings (SSSR count). The molecule has 1 saturated carbocycles. The monoisotopic (exact) mass is 254 g/mol. The van der Waals surface area contributed by atoms with E-state index in [1.165, 1.54) is 7.11 Å². The van der Waals surface area contributed by atoms with Crippen LogP contribution in [0.3, 0.4) is 0 Å². The lowest BCUT2D eigenvalue weighted by atomic mass is 9.68. The van der Waals surface area contributed by atoms with Crippen LogP contribution in [0.25, 0.3) is 0 Å². The highest BCUT2D eigenvalue weighted by atomic mass is 16.8. The number of carbonyl (C=O) groups excluding carboxylic acids is 1. The summed E-state index contributed by atoms with van der Waals surface area (Å²) in [4.78, 5) is 12.0. The first-order valence-electron chi connectivity index (χ1n) is 6.54. The van der Waals surface area contributed by atoms with Gasteiger partial charge in [-0.1, -0.05) is 6.08 Å². The third-order valence-electron chi connectivity index (χ3n) is 4.32. The van der Waals surface area contributed by atoms with Crippen molar-refractivity contribution < 1.29 is 19.0 Å². The molecule has 0 amide bonds. The molecular weight excluding hydrogens is 232 g/mol. The summed E-state index contributed by atoms with van der Waals surface area (Å²) in [6.07, 6.45) is 6.42. The van der Waals surface area contributed by atoms with Crippen LogP contribution >= 0.6 is 0 Å². The standard InChI is InChI=1S/C14H22O4/c1-4-7-14(13(15)17-3)8-5-10(6-9-14)11-12(16-2)18-11/h4,10-12H,1,5-9H2,2-3H3. The molecule has 2 aliphatic rings. The molecule has 0 bridgehead atoms. The van der Waals surface area contributed by atoms with E-state index < -0.39 is 0 Å². The van der Waals surface area contributed by atoms with Crippen LogP contribution in [0.2, 0.25) is 0 Å². The molecule has 18 heavy (non-hydrogen) atoms. The van der Waals surface area contributed by atoms with Gasteiger partial charge in [0.25, 0.3) is 0 Å². The lowest BCUT2D eigenvalue weighted by Crippen LogP contribution is -2.37. The molecule has 0 aromatic heterocycles. The van der Waals surface area contributed by atoms with Gasteiger partial charge in [-0.3, -0.25) is 4.79 Å². The van der Waals surface area contributed by atoms with Crippen LogP contribution in [0.5, 0.6) is 0 Å². The van der Waals surface area contributed by atoms with E-state index in [9.17, 15) is 4.79 Å². The van der Waals surface area contributed by atoms with E-state index >= 15 is 0 Å². The van der Waals surface area contributed by atoms with Crippen molar-refractivity contribution in [1.29, 1.82) is 0 Å². The average Bonchev–Trinajstić information content (AvgIpc) is 3.18.